The molecule has 1 aromatic heterocycles. The number of benzene rings is 1. The van der Waals surface area contributed by atoms with Crippen LogP contribution in [0.5, 0.6) is 11.5 Å². The lowest BCUT2D eigenvalue weighted by atomic mass is 10.0. The van der Waals surface area contributed by atoms with Gasteiger partial charge in [-0.05, 0) is 49.7 Å². The minimum Gasteiger partial charge on any atom is -0.504 e. The zero-order valence-electron chi connectivity index (χ0n) is 17.6. The molecule has 2 heterocycles. The Morgan fingerprint density at radius 3 is 2.71 bits per heavy atom. The SMILES string of the molecule is COc1cc(Cl)cc(/C=C/c2cc(C)c(C(CCN)=C3C=CC=[N+]3B(F)F)n2C)c1O. The summed E-state index contributed by atoms with van der Waals surface area (Å²) in [5, 5.41) is 10.8. The summed E-state index contributed by atoms with van der Waals surface area (Å²) in [5.74, 6) is 0.265. The number of methoxy groups -OCH3 is 1. The summed E-state index contributed by atoms with van der Waals surface area (Å²) in [5.41, 5.74) is 10.1. The van der Waals surface area contributed by atoms with Gasteiger partial charge in [0, 0.05) is 47.1 Å². The molecule has 31 heavy (non-hydrogen) atoms. The third-order valence-corrected chi connectivity index (χ3v) is 5.38. The lowest BCUT2D eigenvalue weighted by Crippen LogP contribution is -2.21. The van der Waals surface area contributed by atoms with Crippen molar-refractivity contribution in [3.63, 3.8) is 0 Å². The number of aromatic hydroxyl groups is 1. The molecule has 0 radical (unpaired) electrons. The highest BCUT2D eigenvalue weighted by Gasteiger charge is 2.40. The molecule has 0 saturated heterocycles. The first-order valence-electron chi connectivity index (χ1n) is 9.71. The lowest BCUT2D eigenvalue weighted by molar-refractivity contribution is -0.336. The van der Waals surface area contributed by atoms with Crippen molar-refractivity contribution in [3.05, 3.63) is 63.6 Å². The topological polar surface area (TPSA) is 63.4 Å². The summed E-state index contributed by atoms with van der Waals surface area (Å²) < 4.78 is 35.0. The van der Waals surface area contributed by atoms with Gasteiger partial charge in [-0.25, -0.2) is 13.1 Å². The maximum absolute atomic E-state index is 13.5. The molecule has 9 heteroatoms. The van der Waals surface area contributed by atoms with E-state index in [4.69, 9.17) is 22.1 Å². The van der Waals surface area contributed by atoms with Gasteiger partial charge >= 0.3 is 7.40 Å². The molecule has 1 aliphatic rings. The van der Waals surface area contributed by atoms with Crippen molar-refractivity contribution in [2.75, 3.05) is 13.7 Å². The van der Waals surface area contributed by atoms with Crippen LogP contribution in [0, 0.1) is 6.92 Å². The van der Waals surface area contributed by atoms with Gasteiger partial charge in [0.2, 0.25) is 0 Å². The van der Waals surface area contributed by atoms with Crippen LogP contribution in [-0.4, -0.2) is 41.4 Å². The summed E-state index contributed by atoms with van der Waals surface area (Å²) in [4.78, 5) is 0. The zero-order chi connectivity index (χ0) is 22.7. The Bertz CT molecular complexity index is 1120. The Morgan fingerprint density at radius 1 is 1.32 bits per heavy atom. The molecule has 162 valence electrons. The van der Waals surface area contributed by atoms with Crippen molar-refractivity contribution in [2.45, 2.75) is 13.3 Å². The lowest BCUT2D eigenvalue weighted by Gasteiger charge is -2.12. The highest BCUT2D eigenvalue weighted by Crippen LogP contribution is 2.35. The predicted molar refractivity (Wildman–Crippen MR) is 123 cm³/mol. The second kappa shape index (κ2) is 9.53. The van der Waals surface area contributed by atoms with Gasteiger partial charge in [-0.3, -0.25) is 0 Å². The van der Waals surface area contributed by atoms with Gasteiger partial charge < -0.3 is 20.1 Å². The van der Waals surface area contributed by atoms with E-state index in [9.17, 15) is 13.7 Å². The summed E-state index contributed by atoms with van der Waals surface area (Å²) in [7, 11) is 0.682. The summed E-state index contributed by atoms with van der Waals surface area (Å²) >= 11 is 6.11. The van der Waals surface area contributed by atoms with Crippen LogP contribution in [0.3, 0.4) is 0 Å². The smallest absolute Gasteiger partial charge is 0.504 e. The van der Waals surface area contributed by atoms with Crippen LogP contribution in [0.1, 0.15) is 28.9 Å². The van der Waals surface area contributed by atoms with Gasteiger partial charge in [-0.2, -0.15) is 0 Å². The van der Waals surface area contributed by atoms with Crippen molar-refractivity contribution in [2.24, 2.45) is 12.8 Å². The van der Waals surface area contributed by atoms with Crippen molar-refractivity contribution in [1.82, 2.24) is 4.57 Å². The summed E-state index contributed by atoms with van der Waals surface area (Å²) in [6.07, 6.45) is 8.65. The number of nitrogens with two attached hydrogens (primary N) is 1. The van der Waals surface area contributed by atoms with Crippen molar-refractivity contribution in [1.29, 1.82) is 0 Å². The largest absolute Gasteiger partial charge is 0.934 e. The monoisotopic (exact) mass is 446 g/mol. The van der Waals surface area contributed by atoms with Crippen LogP contribution >= 0.6 is 11.6 Å². The molecule has 3 N–H and O–H groups in total. The Kier molecular flexibility index (Phi) is 7.03. The van der Waals surface area contributed by atoms with Crippen molar-refractivity contribution in [3.8, 4) is 11.5 Å². The quantitative estimate of drug-likeness (QED) is 0.615. The first-order valence-corrected chi connectivity index (χ1v) is 10.1. The fourth-order valence-corrected chi connectivity index (χ4v) is 3.98. The number of phenolic OH excluding ortho intramolecular Hbond substituents is 1. The second-order valence-corrected chi connectivity index (χ2v) is 7.57. The maximum atomic E-state index is 13.5. The number of hydrogen-bond acceptors (Lipinski definition) is 3. The minimum absolute atomic E-state index is 0.0144. The van der Waals surface area contributed by atoms with Crippen LogP contribution < -0.4 is 10.5 Å². The predicted octanol–water partition coefficient (Wildman–Crippen LogP) is 4.51. The van der Waals surface area contributed by atoms with Gasteiger partial charge in [-0.1, -0.05) is 11.6 Å². The molecule has 0 bridgehead atoms. The maximum Gasteiger partial charge on any atom is 0.934 e. The van der Waals surface area contributed by atoms with E-state index < -0.39 is 7.40 Å². The average molecular weight is 447 g/mol. The van der Waals surface area contributed by atoms with E-state index in [1.54, 1.807) is 24.3 Å². The normalized spacial score (nSPS) is 15.0. The third-order valence-electron chi connectivity index (χ3n) is 5.16. The van der Waals surface area contributed by atoms with Gasteiger partial charge in [0.15, 0.2) is 17.2 Å². The molecular weight excluding hydrogens is 423 g/mol. The molecule has 2 aromatic rings. The molecule has 0 amide bonds. The fraction of sp³-hybridized carbons (Fsp3) is 0.227. The number of halogens is 3. The first-order chi connectivity index (χ1) is 14.8. The van der Waals surface area contributed by atoms with E-state index in [-0.39, 0.29) is 11.5 Å². The first kappa shape index (κ1) is 22.8. The molecule has 1 aliphatic heterocycles. The zero-order valence-corrected chi connectivity index (χ0v) is 18.3. The average Bonchev–Trinajstić information content (AvgIpc) is 3.32. The van der Waals surface area contributed by atoms with Gasteiger partial charge in [-0.15, -0.1) is 0 Å². The summed E-state index contributed by atoms with van der Waals surface area (Å²) in [6, 6.07) is 5.12. The van der Waals surface area contributed by atoms with Crippen LogP contribution in [0.15, 0.2) is 36.0 Å². The Labute approximate surface area is 185 Å². The molecular formula is C22H24BClF2N3O2+. The van der Waals surface area contributed by atoms with Crippen LogP contribution in [0.4, 0.5) is 8.63 Å². The van der Waals surface area contributed by atoms with Gasteiger partial charge in [0.25, 0.3) is 0 Å². The van der Waals surface area contributed by atoms with E-state index in [2.05, 4.69) is 0 Å². The van der Waals surface area contributed by atoms with Crippen LogP contribution in [-0.2, 0) is 7.05 Å². The number of aromatic nitrogens is 1. The number of allylic oxidation sites excluding steroid dienone is 2. The number of phenols is 1. The Morgan fingerprint density at radius 2 is 2.06 bits per heavy atom. The molecule has 5 nitrogen and oxygen atoms in total. The molecule has 0 unspecified atom stereocenters. The third kappa shape index (κ3) is 4.60. The molecule has 3 rings (SSSR count). The molecule has 0 aliphatic carbocycles. The molecule has 0 atom stereocenters. The Balaban J connectivity index is 2.07. The Hall–Kier alpha value is -2.84. The van der Waals surface area contributed by atoms with Crippen LogP contribution in [0.2, 0.25) is 5.02 Å². The molecule has 0 fully saturated rings. The highest BCUT2D eigenvalue weighted by atomic mass is 35.5. The van der Waals surface area contributed by atoms with E-state index in [1.807, 2.05) is 30.7 Å². The van der Waals surface area contributed by atoms with Crippen molar-refractivity contribution >= 4 is 42.9 Å². The van der Waals surface area contributed by atoms with E-state index >= 15 is 0 Å². The fourth-order valence-electron chi connectivity index (χ4n) is 3.77. The second-order valence-electron chi connectivity index (χ2n) is 7.13. The minimum atomic E-state index is -2.64. The number of hydrogen-bond donors (Lipinski definition) is 2. The number of nitrogens with zero attached hydrogens (tertiary/aromatic N) is 2. The molecule has 0 saturated carbocycles. The van der Waals surface area contributed by atoms with Crippen LogP contribution in [0.25, 0.3) is 17.7 Å². The van der Waals surface area contributed by atoms with E-state index in [1.165, 1.54) is 19.4 Å². The van der Waals surface area contributed by atoms with Crippen molar-refractivity contribution < 1.29 is 23.0 Å². The number of rotatable bonds is 7. The molecule has 0 spiro atoms. The number of aryl methyl sites for hydroxylation is 1. The highest BCUT2D eigenvalue weighted by molar-refractivity contribution is 6.34. The van der Waals surface area contributed by atoms with Gasteiger partial charge in [0.1, 0.15) is 6.21 Å². The standard InChI is InChI=1S/C22H23BClF2N3O2/c1-14-11-17(7-6-15-12-16(24)13-20(31-3)22(15)30)28(2)21(14)18(8-9-27)19-5-4-10-29(19)23(25)26/h4-7,10-13H,8-9,27H2,1-3H3/p+1. The van der Waals surface area contributed by atoms with E-state index in [0.717, 1.165) is 27.0 Å². The summed E-state index contributed by atoms with van der Waals surface area (Å²) in [6.45, 7) is 2.26. The molecule has 1 aromatic carbocycles. The van der Waals surface area contributed by atoms with E-state index in [0.29, 0.717) is 29.2 Å². The number of ether oxygens (including phenoxy) is 1. The van der Waals surface area contributed by atoms with Gasteiger partial charge in [0.05, 0.1) is 12.8 Å².